The first-order valence-electron chi connectivity index (χ1n) is 7.68. The molecule has 0 amide bonds. The monoisotopic (exact) mass is 327 g/mol. The Balaban J connectivity index is 2.31. The van der Waals surface area contributed by atoms with Crippen LogP contribution in [0, 0.1) is 0 Å². The molecule has 0 aliphatic heterocycles. The molecule has 1 atom stereocenters. The van der Waals surface area contributed by atoms with Crippen LogP contribution >= 0.6 is 0 Å². The minimum absolute atomic E-state index is 0.304. The zero-order valence-electron chi connectivity index (χ0n) is 13.7. The number of benzene rings is 2. The number of carboxylic acids is 2. The third-order valence-corrected chi connectivity index (χ3v) is 4.05. The number of carboxylic acid groups (broad SMARTS) is 2. The lowest BCUT2D eigenvalue weighted by Crippen LogP contribution is -2.34. The fourth-order valence-corrected chi connectivity index (χ4v) is 2.51. The molecule has 0 saturated carbocycles. The quantitative estimate of drug-likeness (QED) is 0.727. The first-order valence-corrected chi connectivity index (χ1v) is 7.68. The lowest BCUT2D eigenvalue weighted by atomic mass is 9.83. The molecule has 0 fully saturated rings. The molecule has 0 aromatic heterocycles. The highest BCUT2D eigenvalue weighted by Crippen LogP contribution is 2.30. The van der Waals surface area contributed by atoms with Crippen molar-refractivity contribution < 1.29 is 19.8 Å². The normalized spacial score (nSPS) is 12.4. The lowest BCUT2D eigenvalue weighted by Gasteiger charge is -2.25. The summed E-state index contributed by atoms with van der Waals surface area (Å²) in [5.41, 5.74) is 0.844. The number of carbonyl (C=O) groups is 2. The Morgan fingerprint density at radius 1 is 1.00 bits per heavy atom. The predicted molar refractivity (Wildman–Crippen MR) is 92.3 cm³/mol. The lowest BCUT2D eigenvalue weighted by molar-refractivity contribution is -0.142. The maximum absolute atomic E-state index is 11.6. The highest BCUT2D eigenvalue weighted by atomic mass is 16.4. The number of hydrogen-bond acceptors (Lipinski definition) is 3. The summed E-state index contributed by atoms with van der Waals surface area (Å²) in [7, 11) is 0. The van der Waals surface area contributed by atoms with Crippen molar-refractivity contribution in [2.24, 2.45) is 0 Å². The molecule has 0 heterocycles. The molecule has 3 N–H and O–H groups in total. The molecule has 0 bridgehead atoms. The van der Waals surface area contributed by atoms with E-state index in [1.54, 1.807) is 38.1 Å². The van der Waals surface area contributed by atoms with E-state index in [1.807, 2.05) is 30.3 Å². The summed E-state index contributed by atoms with van der Waals surface area (Å²) in [6, 6.07) is 15.4. The maximum atomic E-state index is 11.6. The minimum atomic E-state index is -1.13. The van der Waals surface area contributed by atoms with Gasteiger partial charge in [-0.05, 0) is 31.0 Å². The van der Waals surface area contributed by atoms with Gasteiger partial charge in [-0.1, -0.05) is 48.5 Å². The summed E-state index contributed by atoms with van der Waals surface area (Å²) in [4.78, 5) is 23.2. The highest BCUT2D eigenvalue weighted by molar-refractivity contribution is 5.84. The minimum Gasteiger partial charge on any atom is -0.481 e. The molecule has 0 saturated heterocycles. The number of para-hydroxylation sites is 1. The average molecular weight is 327 g/mol. The van der Waals surface area contributed by atoms with Crippen molar-refractivity contribution in [1.29, 1.82) is 0 Å². The Morgan fingerprint density at radius 2 is 1.58 bits per heavy atom. The molecule has 5 heteroatoms. The molecule has 126 valence electrons. The van der Waals surface area contributed by atoms with Gasteiger partial charge >= 0.3 is 11.9 Å². The van der Waals surface area contributed by atoms with Crippen LogP contribution in [0.3, 0.4) is 0 Å². The molecule has 2 aromatic carbocycles. The molecule has 0 radical (unpaired) electrons. The van der Waals surface area contributed by atoms with Crippen LogP contribution in [0.2, 0.25) is 0 Å². The molecule has 0 spiro atoms. The third-order valence-electron chi connectivity index (χ3n) is 4.05. The van der Waals surface area contributed by atoms with Gasteiger partial charge < -0.3 is 15.5 Å². The van der Waals surface area contributed by atoms with E-state index in [4.69, 9.17) is 0 Å². The fraction of sp³-hybridized carbons (Fsp3) is 0.263. The second-order valence-electron chi connectivity index (χ2n) is 6.20. The summed E-state index contributed by atoms with van der Waals surface area (Å²) in [5.74, 6) is -1.95. The van der Waals surface area contributed by atoms with Gasteiger partial charge in [0.25, 0.3) is 0 Å². The molecule has 0 aliphatic carbocycles. The molecular weight excluding hydrogens is 306 g/mol. The topological polar surface area (TPSA) is 86.6 Å². The first kappa shape index (κ1) is 17.5. The Morgan fingerprint density at radius 3 is 2.17 bits per heavy atom. The van der Waals surface area contributed by atoms with Crippen LogP contribution in [-0.4, -0.2) is 28.2 Å². The van der Waals surface area contributed by atoms with Gasteiger partial charge in [0.1, 0.15) is 6.04 Å². The van der Waals surface area contributed by atoms with Gasteiger partial charge in [0.15, 0.2) is 0 Å². The van der Waals surface area contributed by atoms with E-state index in [2.05, 4.69) is 5.32 Å². The van der Waals surface area contributed by atoms with E-state index in [-0.39, 0.29) is 0 Å². The van der Waals surface area contributed by atoms with Crippen LogP contribution in [0.4, 0.5) is 5.69 Å². The van der Waals surface area contributed by atoms with Crippen molar-refractivity contribution in [3.63, 3.8) is 0 Å². The largest absolute Gasteiger partial charge is 0.481 e. The van der Waals surface area contributed by atoms with Crippen molar-refractivity contribution in [2.75, 3.05) is 5.32 Å². The van der Waals surface area contributed by atoms with Crippen LogP contribution in [-0.2, 0) is 21.4 Å². The molecule has 5 nitrogen and oxygen atoms in total. The van der Waals surface area contributed by atoms with Crippen LogP contribution in [0.5, 0.6) is 0 Å². The van der Waals surface area contributed by atoms with Crippen molar-refractivity contribution in [3.05, 3.63) is 65.7 Å². The van der Waals surface area contributed by atoms with E-state index in [9.17, 15) is 19.8 Å². The van der Waals surface area contributed by atoms with Gasteiger partial charge in [0.05, 0.1) is 5.41 Å². The molecule has 1 unspecified atom stereocenters. The van der Waals surface area contributed by atoms with Gasteiger partial charge in [-0.15, -0.1) is 0 Å². The second kappa shape index (κ2) is 7.17. The summed E-state index contributed by atoms with van der Waals surface area (Å²) >= 11 is 0. The zero-order chi connectivity index (χ0) is 17.7. The van der Waals surface area contributed by atoms with Gasteiger partial charge in [0, 0.05) is 12.1 Å². The van der Waals surface area contributed by atoms with Crippen molar-refractivity contribution in [3.8, 4) is 0 Å². The standard InChI is InChI=1S/C19H21NO4/c1-19(2,18(23)24)14-10-6-7-11-15(14)20-16(17(21)22)12-13-8-4-3-5-9-13/h3-11,16,20H,12H2,1-2H3,(H,21,22)(H,23,24). The summed E-state index contributed by atoms with van der Waals surface area (Å²) in [5, 5.41) is 22.0. The fourth-order valence-electron chi connectivity index (χ4n) is 2.51. The van der Waals surface area contributed by atoms with E-state index in [0.29, 0.717) is 17.7 Å². The van der Waals surface area contributed by atoms with E-state index in [0.717, 1.165) is 5.56 Å². The smallest absolute Gasteiger partial charge is 0.326 e. The van der Waals surface area contributed by atoms with Crippen LogP contribution < -0.4 is 5.32 Å². The number of nitrogens with one attached hydrogen (secondary N) is 1. The molecule has 2 rings (SSSR count). The molecule has 2 aromatic rings. The molecule has 24 heavy (non-hydrogen) atoms. The van der Waals surface area contributed by atoms with Crippen LogP contribution in [0.15, 0.2) is 54.6 Å². The van der Waals surface area contributed by atoms with E-state index in [1.165, 1.54) is 0 Å². The van der Waals surface area contributed by atoms with Gasteiger partial charge in [-0.3, -0.25) is 4.79 Å². The number of rotatable bonds is 7. The third kappa shape index (κ3) is 3.93. The Kier molecular flexibility index (Phi) is 5.24. The number of hydrogen-bond donors (Lipinski definition) is 3. The summed E-state index contributed by atoms with van der Waals surface area (Å²) < 4.78 is 0. The molecule has 0 aliphatic rings. The van der Waals surface area contributed by atoms with Crippen molar-refractivity contribution >= 4 is 17.6 Å². The highest BCUT2D eigenvalue weighted by Gasteiger charge is 2.32. The Labute approximate surface area is 141 Å². The van der Waals surface area contributed by atoms with Crippen LogP contribution in [0.25, 0.3) is 0 Å². The summed E-state index contributed by atoms with van der Waals surface area (Å²) in [6.07, 6.45) is 0.304. The predicted octanol–water partition coefficient (Wildman–Crippen LogP) is 3.16. The van der Waals surface area contributed by atoms with E-state index >= 15 is 0 Å². The first-order chi connectivity index (χ1) is 11.3. The van der Waals surface area contributed by atoms with Crippen molar-refractivity contribution in [2.45, 2.75) is 31.7 Å². The Bertz CT molecular complexity index is 725. The average Bonchev–Trinajstić information content (AvgIpc) is 2.55. The van der Waals surface area contributed by atoms with Crippen LogP contribution in [0.1, 0.15) is 25.0 Å². The Hall–Kier alpha value is -2.82. The van der Waals surface area contributed by atoms with Gasteiger partial charge in [0.2, 0.25) is 0 Å². The van der Waals surface area contributed by atoms with Gasteiger partial charge in [-0.25, -0.2) is 4.79 Å². The zero-order valence-corrected chi connectivity index (χ0v) is 13.7. The number of aliphatic carboxylic acids is 2. The maximum Gasteiger partial charge on any atom is 0.326 e. The van der Waals surface area contributed by atoms with E-state index < -0.39 is 23.4 Å². The second-order valence-corrected chi connectivity index (χ2v) is 6.20. The van der Waals surface area contributed by atoms with Gasteiger partial charge in [-0.2, -0.15) is 0 Å². The van der Waals surface area contributed by atoms with Crippen molar-refractivity contribution in [1.82, 2.24) is 0 Å². The summed E-state index contributed by atoms with van der Waals surface area (Å²) in [6.45, 7) is 3.20. The SMILES string of the molecule is CC(C)(C(=O)O)c1ccccc1NC(Cc1ccccc1)C(=O)O. The number of anilines is 1. The molecular formula is C19H21NO4.